The number of aliphatic imine (C=N–C) groups is 1. The van der Waals surface area contributed by atoms with Gasteiger partial charge in [0.1, 0.15) is 18.1 Å². The van der Waals surface area contributed by atoms with Crippen molar-refractivity contribution in [1.82, 2.24) is 0 Å². The van der Waals surface area contributed by atoms with E-state index < -0.39 is 0 Å². The first-order valence-electron chi connectivity index (χ1n) is 8.69. The lowest BCUT2D eigenvalue weighted by molar-refractivity contribution is 0.306. The Balaban J connectivity index is 0.00000280. The molecule has 0 saturated heterocycles. The number of hydrogen-bond donors (Lipinski definition) is 2. The van der Waals surface area contributed by atoms with Crippen LogP contribution < -0.4 is 20.5 Å². The van der Waals surface area contributed by atoms with E-state index in [9.17, 15) is 0 Å². The summed E-state index contributed by atoms with van der Waals surface area (Å²) < 4.78 is 10.9. The number of guanidine groups is 1. The van der Waals surface area contributed by atoms with Gasteiger partial charge in [-0.25, -0.2) is 4.99 Å². The third-order valence-corrected chi connectivity index (χ3v) is 3.95. The van der Waals surface area contributed by atoms with Crippen LogP contribution in [0.4, 0.5) is 5.69 Å². The molecule has 3 N–H and O–H groups in total. The van der Waals surface area contributed by atoms with E-state index in [1.165, 1.54) is 0 Å². The van der Waals surface area contributed by atoms with E-state index in [0.29, 0.717) is 19.1 Å². The van der Waals surface area contributed by atoms with Crippen molar-refractivity contribution in [2.24, 2.45) is 10.7 Å². The Morgan fingerprint density at radius 3 is 2.29 bits per heavy atom. The second-order valence-electron chi connectivity index (χ2n) is 5.98. The van der Waals surface area contributed by atoms with Gasteiger partial charge in [0.05, 0.1) is 13.7 Å². The Hall–Kier alpha value is -2.74. The van der Waals surface area contributed by atoms with Crippen molar-refractivity contribution in [3.63, 3.8) is 0 Å². The van der Waals surface area contributed by atoms with Crippen LogP contribution in [0.25, 0.3) is 0 Å². The molecule has 0 atom stereocenters. The zero-order valence-electron chi connectivity index (χ0n) is 15.7. The van der Waals surface area contributed by atoms with Crippen LogP contribution in [0.5, 0.6) is 11.5 Å². The molecule has 28 heavy (non-hydrogen) atoms. The third-order valence-electron chi connectivity index (χ3n) is 3.95. The number of ether oxygens (including phenoxy) is 2. The molecule has 3 rings (SSSR count). The normalized spacial score (nSPS) is 10.7. The second kappa shape index (κ2) is 11.2. The van der Waals surface area contributed by atoms with Crippen LogP contribution in [0.15, 0.2) is 83.9 Å². The van der Waals surface area contributed by atoms with Crippen LogP contribution in [-0.2, 0) is 13.2 Å². The Kier molecular flexibility index (Phi) is 8.61. The number of nitrogens with zero attached hydrogens (tertiary/aromatic N) is 1. The van der Waals surface area contributed by atoms with Gasteiger partial charge in [-0.3, -0.25) is 0 Å². The number of nitrogens with two attached hydrogens (primary N) is 1. The SMILES string of the molecule is COc1cccc(NC(N)=NCc2ccc(COc3ccccc3)cc2)c1.I. The number of rotatable bonds is 7. The topological polar surface area (TPSA) is 68.9 Å². The predicted molar refractivity (Wildman–Crippen MR) is 125 cm³/mol. The lowest BCUT2D eigenvalue weighted by Crippen LogP contribution is -2.22. The van der Waals surface area contributed by atoms with Crippen molar-refractivity contribution in [2.75, 3.05) is 12.4 Å². The van der Waals surface area contributed by atoms with Gasteiger partial charge in [-0.05, 0) is 35.4 Å². The molecular formula is C22H24IN3O2. The van der Waals surface area contributed by atoms with E-state index in [2.05, 4.69) is 10.3 Å². The molecule has 146 valence electrons. The summed E-state index contributed by atoms with van der Waals surface area (Å²) in [5, 5.41) is 3.06. The molecule has 3 aromatic carbocycles. The number of benzene rings is 3. The molecule has 0 fully saturated rings. The fraction of sp³-hybridized carbons (Fsp3) is 0.136. The highest BCUT2D eigenvalue weighted by Gasteiger charge is 1.99. The molecule has 0 saturated carbocycles. The van der Waals surface area contributed by atoms with E-state index in [1.807, 2.05) is 78.9 Å². The molecule has 0 unspecified atom stereocenters. The van der Waals surface area contributed by atoms with E-state index in [4.69, 9.17) is 15.2 Å². The third kappa shape index (κ3) is 6.77. The number of para-hydroxylation sites is 1. The van der Waals surface area contributed by atoms with Crippen molar-refractivity contribution in [3.8, 4) is 11.5 Å². The Morgan fingerprint density at radius 2 is 1.57 bits per heavy atom. The zero-order valence-corrected chi connectivity index (χ0v) is 18.0. The van der Waals surface area contributed by atoms with Crippen LogP contribution >= 0.6 is 24.0 Å². The molecule has 0 spiro atoms. The molecule has 0 bridgehead atoms. The van der Waals surface area contributed by atoms with Gasteiger partial charge in [-0.15, -0.1) is 24.0 Å². The van der Waals surface area contributed by atoms with Crippen LogP contribution in [0.2, 0.25) is 0 Å². The maximum absolute atomic E-state index is 5.97. The highest BCUT2D eigenvalue weighted by molar-refractivity contribution is 14.0. The van der Waals surface area contributed by atoms with Gasteiger partial charge in [0.2, 0.25) is 0 Å². The average Bonchev–Trinajstić information content (AvgIpc) is 2.72. The average molecular weight is 489 g/mol. The summed E-state index contributed by atoms with van der Waals surface area (Å²) in [5.74, 6) is 1.99. The standard InChI is InChI=1S/C22H23N3O2.HI/c1-26-21-9-5-6-19(14-21)25-22(23)24-15-17-10-12-18(13-11-17)16-27-20-7-3-2-4-8-20;/h2-14H,15-16H2,1H3,(H3,23,24,25);1H. The first kappa shape index (κ1) is 21.6. The minimum atomic E-state index is 0. The molecule has 6 heteroatoms. The first-order chi connectivity index (χ1) is 13.2. The van der Waals surface area contributed by atoms with Gasteiger partial charge in [0, 0.05) is 11.8 Å². The lowest BCUT2D eigenvalue weighted by Gasteiger charge is -2.08. The smallest absolute Gasteiger partial charge is 0.193 e. The number of halogens is 1. The highest BCUT2D eigenvalue weighted by Crippen LogP contribution is 2.16. The monoisotopic (exact) mass is 489 g/mol. The van der Waals surface area contributed by atoms with E-state index in [-0.39, 0.29) is 24.0 Å². The number of hydrogen-bond acceptors (Lipinski definition) is 3. The van der Waals surface area contributed by atoms with Crippen molar-refractivity contribution >= 4 is 35.6 Å². The summed E-state index contributed by atoms with van der Waals surface area (Å²) >= 11 is 0. The molecule has 0 aliphatic heterocycles. The molecule has 3 aromatic rings. The summed E-state index contributed by atoms with van der Waals surface area (Å²) in [6.07, 6.45) is 0. The first-order valence-corrected chi connectivity index (χ1v) is 8.69. The molecule has 0 radical (unpaired) electrons. The van der Waals surface area contributed by atoms with Gasteiger partial charge in [-0.2, -0.15) is 0 Å². The summed E-state index contributed by atoms with van der Waals surface area (Å²) in [7, 11) is 1.63. The van der Waals surface area contributed by atoms with Crippen LogP contribution in [0, 0.1) is 0 Å². The minimum Gasteiger partial charge on any atom is -0.497 e. The number of methoxy groups -OCH3 is 1. The minimum absolute atomic E-state index is 0. The van der Waals surface area contributed by atoms with Crippen molar-refractivity contribution < 1.29 is 9.47 Å². The lowest BCUT2D eigenvalue weighted by atomic mass is 10.1. The molecule has 0 aromatic heterocycles. The fourth-order valence-electron chi connectivity index (χ4n) is 2.49. The second-order valence-corrected chi connectivity index (χ2v) is 5.98. The fourth-order valence-corrected chi connectivity index (χ4v) is 2.49. The number of nitrogens with one attached hydrogen (secondary N) is 1. The molecule has 5 nitrogen and oxygen atoms in total. The quantitative estimate of drug-likeness (QED) is 0.284. The van der Waals surface area contributed by atoms with Gasteiger partial charge in [0.25, 0.3) is 0 Å². The maximum Gasteiger partial charge on any atom is 0.193 e. The van der Waals surface area contributed by atoms with Crippen LogP contribution in [-0.4, -0.2) is 13.1 Å². The van der Waals surface area contributed by atoms with Gasteiger partial charge >= 0.3 is 0 Å². The summed E-state index contributed by atoms with van der Waals surface area (Å²) in [4.78, 5) is 4.38. The van der Waals surface area contributed by atoms with E-state index >= 15 is 0 Å². The Bertz CT molecular complexity index is 884. The molecule has 0 aliphatic rings. The Morgan fingerprint density at radius 1 is 0.893 bits per heavy atom. The Labute approximate surface area is 182 Å². The van der Waals surface area contributed by atoms with Gasteiger partial charge in [0.15, 0.2) is 5.96 Å². The summed E-state index contributed by atoms with van der Waals surface area (Å²) in [5.41, 5.74) is 8.99. The highest BCUT2D eigenvalue weighted by atomic mass is 127. The van der Waals surface area contributed by atoms with E-state index in [1.54, 1.807) is 7.11 Å². The van der Waals surface area contributed by atoms with Gasteiger partial charge in [-0.1, -0.05) is 48.5 Å². The number of anilines is 1. The molecule has 0 aliphatic carbocycles. The van der Waals surface area contributed by atoms with Crippen molar-refractivity contribution in [1.29, 1.82) is 0 Å². The largest absolute Gasteiger partial charge is 0.497 e. The van der Waals surface area contributed by atoms with Crippen LogP contribution in [0.3, 0.4) is 0 Å². The summed E-state index contributed by atoms with van der Waals surface area (Å²) in [6, 6.07) is 25.5. The van der Waals surface area contributed by atoms with E-state index in [0.717, 1.165) is 28.3 Å². The predicted octanol–water partition coefficient (Wildman–Crippen LogP) is 4.82. The van der Waals surface area contributed by atoms with Crippen molar-refractivity contribution in [2.45, 2.75) is 13.2 Å². The van der Waals surface area contributed by atoms with Crippen molar-refractivity contribution in [3.05, 3.63) is 90.0 Å². The van der Waals surface area contributed by atoms with Crippen LogP contribution in [0.1, 0.15) is 11.1 Å². The summed E-state index contributed by atoms with van der Waals surface area (Å²) in [6.45, 7) is 1.04. The molecular weight excluding hydrogens is 465 g/mol. The molecule has 0 heterocycles. The molecule has 0 amide bonds. The maximum atomic E-state index is 5.97. The van der Waals surface area contributed by atoms with Gasteiger partial charge < -0.3 is 20.5 Å². The zero-order chi connectivity index (χ0) is 18.9.